The predicted molar refractivity (Wildman–Crippen MR) is 160 cm³/mol. The lowest BCUT2D eigenvalue weighted by molar-refractivity contribution is -0.134. The number of carbonyl (C=O) groups is 1. The minimum Gasteiger partial charge on any atom is -0.496 e. The molecule has 0 fully saturated rings. The number of halogens is 1. The van der Waals surface area contributed by atoms with Crippen LogP contribution in [0.1, 0.15) is 71.4 Å². The second-order valence-electron chi connectivity index (χ2n) is 9.55. The van der Waals surface area contributed by atoms with Crippen molar-refractivity contribution in [3.05, 3.63) is 93.7 Å². The van der Waals surface area contributed by atoms with E-state index in [1.807, 2.05) is 26.0 Å². The van der Waals surface area contributed by atoms with Crippen LogP contribution in [0.5, 0.6) is 5.75 Å². The minimum absolute atomic E-state index is 0.107. The summed E-state index contributed by atoms with van der Waals surface area (Å²) in [5.74, 6) is 0.772. The second kappa shape index (κ2) is 17.2. The van der Waals surface area contributed by atoms with E-state index in [1.165, 1.54) is 11.1 Å². The van der Waals surface area contributed by atoms with Crippen LogP contribution in [0, 0.1) is 0 Å². The number of carboxylic acid groups (broad SMARTS) is 1. The molecule has 0 aliphatic heterocycles. The Balaban J connectivity index is 0.00000131. The number of hydrogen-bond acceptors (Lipinski definition) is 5. The molecule has 2 N–H and O–H groups in total. The number of carboxylic acids is 1. The van der Waals surface area contributed by atoms with Gasteiger partial charge < -0.3 is 24.6 Å². The van der Waals surface area contributed by atoms with Gasteiger partial charge in [0.15, 0.2) is 0 Å². The molecule has 2 aliphatic rings. The van der Waals surface area contributed by atoms with Crippen LogP contribution in [0.25, 0.3) is 5.57 Å². The zero-order valence-electron chi connectivity index (χ0n) is 24.7. The van der Waals surface area contributed by atoms with Crippen LogP contribution in [0.3, 0.4) is 0 Å². The van der Waals surface area contributed by atoms with E-state index in [4.69, 9.17) is 24.1 Å². The third-order valence-electron chi connectivity index (χ3n) is 6.46. The summed E-state index contributed by atoms with van der Waals surface area (Å²) in [6, 6.07) is 6.30. The largest absolute Gasteiger partial charge is 0.496 e. The number of hydrogen-bond donors (Lipinski definition) is 2. The molecule has 0 unspecified atom stereocenters. The average Bonchev–Trinajstić information content (AvgIpc) is 3.05. The summed E-state index contributed by atoms with van der Waals surface area (Å²) in [6.45, 7) is 11.8. The van der Waals surface area contributed by atoms with Crippen molar-refractivity contribution in [1.29, 1.82) is 0 Å². The third kappa shape index (κ3) is 10.5. The van der Waals surface area contributed by atoms with Crippen LogP contribution >= 0.6 is 0 Å². The van der Waals surface area contributed by atoms with Crippen molar-refractivity contribution in [2.75, 3.05) is 26.9 Å². The number of ether oxygens (including phenoxy) is 3. The van der Waals surface area contributed by atoms with Crippen molar-refractivity contribution in [3.8, 4) is 5.75 Å². The van der Waals surface area contributed by atoms with E-state index in [9.17, 15) is 4.39 Å². The molecule has 2 aliphatic carbocycles. The molecule has 0 aromatic heterocycles. The first-order valence-electron chi connectivity index (χ1n) is 13.8. The Hall–Kier alpha value is -3.58. The number of nitrogens with one attached hydrogen (secondary N) is 1. The lowest BCUT2D eigenvalue weighted by Gasteiger charge is -2.18. The number of benzene rings is 1. The number of methoxy groups -OCH3 is 1. The van der Waals surface area contributed by atoms with Crippen LogP contribution in [0.2, 0.25) is 0 Å². The topological polar surface area (TPSA) is 77.0 Å². The zero-order valence-corrected chi connectivity index (χ0v) is 24.7. The van der Waals surface area contributed by atoms with Crippen LogP contribution in [-0.2, 0) is 20.8 Å². The summed E-state index contributed by atoms with van der Waals surface area (Å²) in [4.78, 5) is 9.00. The summed E-state index contributed by atoms with van der Waals surface area (Å²) >= 11 is 0. The molecule has 7 heteroatoms. The summed E-state index contributed by atoms with van der Waals surface area (Å²) in [5.41, 5.74) is 7.61. The van der Waals surface area contributed by atoms with Gasteiger partial charge in [0.25, 0.3) is 5.97 Å². The SMILES string of the molecule is CC(=O)O.CCOCCOC1=CCC(C)=C(c2cc(CN/C3=C/CC=C(CC)/C(F)=C\C3)ccc2OC)C(C)=C1. The van der Waals surface area contributed by atoms with E-state index in [1.54, 1.807) is 13.2 Å². The summed E-state index contributed by atoms with van der Waals surface area (Å²) in [5, 5.41) is 10.9. The van der Waals surface area contributed by atoms with Gasteiger partial charge in [0.1, 0.15) is 23.9 Å². The quantitative estimate of drug-likeness (QED) is 0.272. The average molecular weight is 554 g/mol. The smallest absolute Gasteiger partial charge is 0.300 e. The fraction of sp³-hybridized carbons (Fsp3) is 0.424. The van der Waals surface area contributed by atoms with Gasteiger partial charge in [-0.25, -0.2) is 4.39 Å². The first-order valence-corrected chi connectivity index (χ1v) is 13.8. The Kier molecular flexibility index (Phi) is 14.0. The molecule has 1 aromatic rings. The molecule has 0 saturated carbocycles. The molecule has 0 amide bonds. The van der Waals surface area contributed by atoms with Crippen molar-refractivity contribution in [2.45, 2.75) is 66.8 Å². The van der Waals surface area contributed by atoms with Gasteiger partial charge in [-0.1, -0.05) is 30.7 Å². The Bertz CT molecular complexity index is 1200. The highest BCUT2D eigenvalue weighted by atomic mass is 19.1. The Labute approximate surface area is 238 Å². The molecule has 0 atom stereocenters. The normalized spacial score (nSPS) is 18.1. The fourth-order valence-electron chi connectivity index (χ4n) is 4.53. The summed E-state index contributed by atoms with van der Waals surface area (Å²) in [6.07, 6.45) is 12.8. The first kappa shape index (κ1) is 32.6. The maximum Gasteiger partial charge on any atom is 0.300 e. The predicted octanol–water partition coefficient (Wildman–Crippen LogP) is 7.80. The van der Waals surface area contributed by atoms with Crippen molar-refractivity contribution >= 4 is 11.5 Å². The highest BCUT2D eigenvalue weighted by molar-refractivity contribution is 5.85. The van der Waals surface area contributed by atoms with Gasteiger partial charge >= 0.3 is 0 Å². The van der Waals surface area contributed by atoms with E-state index in [0.29, 0.717) is 39.2 Å². The van der Waals surface area contributed by atoms with Gasteiger partial charge in [0.2, 0.25) is 0 Å². The van der Waals surface area contributed by atoms with E-state index < -0.39 is 5.97 Å². The molecule has 218 valence electrons. The Morgan fingerprint density at radius 3 is 2.50 bits per heavy atom. The molecule has 0 spiro atoms. The van der Waals surface area contributed by atoms with E-state index in [0.717, 1.165) is 59.2 Å². The summed E-state index contributed by atoms with van der Waals surface area (Å²) in [7, 11) is 1.71. The molecule has 3 rings (SSSR count). The minimum atomic E-state index is -0.833. The second-order valence-corrected chi connectivity index (χ2v) is 9.55. The number of allylic oxidation sites excluding steroid dienone is 10. The molecular weight excluding hydrogens is 509 g/mol. The zero-order chi connectivity index (χ0) is 29.5. The maximum absolute atomic E-state index is 14.3. The van der Waals surface area contributed by atoms with Crippen LogP contribution < -0.4 is 10.1 Å². The lowest BCUT2D eigenvalue weighted by atomic mass is 9.92. The van der Waals surface area contributed by atoms with E-state index >= 15 is 0 Å². The van der Waals surface area contributed by atoms with Gasteiger partial charge in [0, 0.05) is 37.8 Å². The number of aliphatic carboxylic acids is 1. The van der Waals surface area contributed by atoms with E-state index in [2.05, 4.69) is 49.5 Å². The molecule has 0 radical (unpaired) electrons. The molecule has 1 aromatic carbocycles. The van der Waals surface area contributed by atoms with Gasteiger partial charge in [-0.05, 0) is 92.7 Å². The van der Waals surface area contributed by atoms with Crippen molar-refractivity contribution in [2.24, 2.45) is 0 Å². The van der Waals surface area contributed by atoms with Crippen molar-refractivity contribution in [3.63, 3.8) is 0 Å². The van der Waals surface area contributed by atoms with Crippen molar-refractivity contribution in [1.82, 2.24) is 5.32 Å². The van der Waals surface area contributed by atoms with Gasteiger partial charge in [-0.15, -0.1) is 0 Å². The van der Waals surface area contributed by atoms with Gasteiger partial charge in [-0.2, -0.15) is 0 Å². The summed E-state index contributed by atoms with van der Waals surface area (Å²) < 4.78 is 31.4. The molecule has 0 bridgehead atoms. The highest BCUT2D eigenvalue weighted by Crippen LogP contribution is 2.37. The van der Waals surface area contributed by atoms with Crippen molar-refractivity contribution < 1.29 is 28.5 Å². The van der Waals surface area contributed by atoms with E-state index in [-0.39, 0.29) is 5.83 Å². The fourth-order valence-corrected chi connectivity index (χ4v) is 4.53. The first-order chi connectivity index (χ1) is 19.2. The van der Waals surface area contributed by atoms with Crippen LogP contribution in [-0.4, -0.2) is 38.0 Å². The monoisotopic (exact) mass is 553 g/mol. The number of rotatable bonds is 11. The highest BCUT2D eigenvalue weighted by Gasteiger charge is 2.17. The molecule has 6 nitrogen and oxygen atoms in total. The lowest BCUT2D eigenvalue weighted by Crippen LogP contribution is -2.13. The molecule has 0 saturated heterocycles. The standard InChI is InChI=1S/C31H40FNO3.C2H4O2/c1-6-25-9-8-10-26(13-15-29(25)32)33-21-24-12-16-30(34-5)28(20-24)31-22(3)11-14-27(19-23(31)4)36-18-17-35-7-2;1-2(3)4/h9-10,12,14-16,19-20,33H,6-8,11,13,17-18,21H2,1-5H3;1H3,(H,3,4)/b25-9?,26-10+,29-15+;. The molecular formula is C33H44FNO5. The Morgan fingerprint density at radius 1 is 1.07 bits per heavy atom. The van der Waals surface area contributed by atoms with Gasteiger partial charge in [0.05, 0.1) is 13.7 Å². The maximum atomic E-state index is 14.3. The van der Waals surface area contributed by atoms with Crippen LogP contribution in [0.15, 0.2) is 82.6 Å². The Morgan fingerprint density at radius 2 is 1.82 bits per heavy atom. The van der Waals surface area contributed by atoms with Gasteiger partial charge in [-0.3, -0.25) is 4.79 Å². The van der Waals surface area contributed by atoms with Crippen LogP contribution in [0.4, 0.5) is 4.39 Å². The molecule has 40 heavy (non-hydrogen) atoms. The third-order valence-corrected chi connectivity index (χ3v) is 6.46. The molecule has 0 heterocycles.